The summed E-state index contributed by atoms with van der Waals surface area (Å²) in [6, 6.07) is 5.09. The van der Waals surface area contributed by atoms with Gasteiger partial charge < -0.3 is 4.90 Å². The molecule has 6 nitrogen and oxygen atoms in total. The van der Waals surface area contributed by atoms with Crippen LogP contribution in [-0.4, -0.2) is 53.6 Å². The van der Waals surface area contributed by atoms with Crippen LogP contribution < -0.4 is 0 Å². The molecule has 2 heterocycles. The third-order valence-corrected chi connectivity index (χ3v) is 7.76. The quantitative estimate of drug-likeness (QED) is 0.646. The molecule has 0 bridgehead atoms. The summed E-state index contributed by atoms with van der Waals surface area (Å²) in [7, 11) is -1.40. The van der Waals surface area contributed by atoms with Crippen molar-refractivity contribution in [1.82, 2.24) is 14.7 Å². The molecule has 1 aliphatic heterocycles. The van der Waals surface area contributed by atoms with Crippen LogP contribution in [0.4, 0.5) is 0 Å². The monoisotopic (exact) mass is 455 g/mol. The molecule has 0 spiro atoms. The highest BCUT2D eigenvalue weighted by molar-refractivity contribution is 7.91. The molecule has 1 aromatic heterocycles. The Hall–Kier alpha value is -1.83. The first-order valence-corrected chi connectivity index (χ1v) is 11.8. The summed E-state index contributed by atoms with van der Waals surface area (Å²) in [4.78, 5) is 14.0. The molecule has 3 rings (SSSR count). The summed E-state index contributed by atoms with van der Waals surface area (Å²) >= 11 is 12.5. The fourth-order valence-electron chi connectivity index (χ4n) is 3.47. The molecular formula is C20H23Cl2N3O3S. The van der Waals surface area contributed by atoms with Crippen LogP contribution in [0.5, 0.6) is 0 Å². The van der Waals surface area contributed by atoms with E-state index in [1.165, 1.54) is 11.0 Å². The van der Waals surface area contributed by atoms with Gasteiger partial charge in [0.2, 0.25) is 5.91 Å². The molecule has 0 radical (unpaired) electrons. The van der Waals surface area contributed by atoms with E-state index < -0.39 is 9.84 Å². The highest BCUT2D eigenvalue weighted by Gasteiger charge is 2.32. The zero-order valence-electron chi connectivity index (χ0n) is 16.5. The van der Waals surface area contributed by atoms with E-state index in [4.69, 9.17) is 23.2 Å². The van der Waals surface area contributed by atoms with Crippen molar-refractivity contribution in [3.05, 3.63) is 56.8 Å². The predicted octanol–water partition coefficient (Wildman–Crippen LogP) is 3.51. The van der Waals surface area contributed by atoms with Crippen LogP contribution in [0.25, 0.3) is 6.08 Å². The molecule has 9 heteroatoms. The van der Waals surface area contributed by atoms with Gasteiger partial charge in [-0.2, -0.15) is 5.10 Å². The first kappa shape index (κ1) is 21.9. The molecule has 0 N–H and O–H groups in total. The van der Waals surface area contributed by atoms with Gasteiger partial charge in [0.25, 0.3) is 0 Å². The zero-order valence-corrected chi connectivity index (χ0v) is 18.9. The zero-order chi connectivity index (χ0) is 21.3. The maximum atomic E-state index is 12.5. The van der Waals surface area contributed by atoms with Crippen molar-refractivity contribution < 1.29 is 13.2 Å². The van der Waals surface area contributed by atoms with Crippen LogP contribution >= 0.6 is 23.2 Å². The number of nitrogens with zero attached hydrogens (tertiary/aromatic N) is 3. The van der Waals surface area contributed by atoms with E-state index in [0.29, 0.717) is 23.0 Å². The topological polar surface area (TPSA) is 72.3 Å². The van der Waals surface area contributed by atoms with Crippen LogP contribution in [0, 0.1) is 13.8 Å². The third-order valence-electron chi connectivity index (χ3n) is 5.30. The average molecular weight is 456 g/mol. The Morgan fingerprint density at radius 1 is 1.31 bits per heavy atom. The minimum Gasteiger partial charge on any atom is -0.338 e. The van der Waals surface area contributed by atoms with Gasteiger partial charge in [0, 0.05) is 46.0 Å². The number of hydrogen-bond donors (Lipinski definition) is 0. The molecule has 0 unspecified atom stereocenters. The summed E-state index contributed by atoms with van der Waals surface area (Å²) in [5, 5.41) is 5.70. The van der Waals surface area contributed by atoms with Crippen molar-refractivity contribution in [3.8, 4) is 0 Å². The lowest BCUT2D eigenvalue weighted by Gasteiger charge is -2.21. The molecule has 1 amide bonds. The maximum absolute atomic E-state index is 12.5. The molecular weight excluding hydrogens is 433 g/mol. The van der Waals surface area contributed by atoms with Crippen LogP contribution in [0.2, 0.25) is 10.0 Å². The number of halogens is 2. The van der Waals surface area contributed by atoms with E-state index in [1.807, 2.05) is 13.8 Å². The minimum atomic E-state index is -3.04. The number of hydrogen-bond acceptors (Lipinski definition) is 4. The van der Waals surface area contributed by atoms with Crippen molar-refractivity contribution in [3.63, 3.8) is 0 Å². The van der Waals surface area contributed by atoms with Gasteiger partial charge in [-0.1, -0.05) is 29.3 Å². The second-order valence-corrected chi connectivity index (χ2v) is 10.3. The van der Waals surface area contributed by atoms with Gasteiger partial charge in [0.05, 0.1) is 23.7 Å². The van der Waals surface area contributed by atoms with Crippen molar-refractivity contribution in [1.29, 1.82) is 0 Å². The summed E-state index contributed by atoms with van der Waals surface area (Å²) in [5.41, 5.74) is 3.29. The second kappa shape index (κ2) is 8.50. The van der Waals surface area contributed by atoms with E-state index in [2.05, 4.69) is 5.10 Å². The van der Waals surface area contributed by atoms with Crippen LogP contribution in [-0.2, 0) is 21.2 Å². The Balaban J connectivity index is 1.77. The van der Waals surface area contributed by atoms with Gasteiger partial charge >= 0.3 is 0 Å². The number of rotatable bonds is 5. The summed E-state index contributed by atoms with van der Waals surface area (Å²) in [6.07, 6.45) is 3.67. The number of amides is 1. The van der Waals surface area contributed by atoms with Gasteiger partial charge in [-0.3, -0.25) is 9.48 Å². The maximum Gasteiger partial charge on any atom is 0.246 e. The Morgan fingerprint density at radius 2 is 1.97 bits per heavy atom. The van der Waals surface area contributed by atoms with Gasteiger partial charge in [-0.25, -0.2) is 8.42 Å². The van der Waals surface area contributed by atoms with Gasteiger partial charge in [0.15, 0.2) is 9.84 Å². The van der Waals surface area contributed by atoms with E-state index in [9.17, 15) is 13.2 Å². The van der Waals surface area contributed by atoms with Crippen molar-refractivity contribution in [2.45, 2.75) is 32.9 Å². The van der Waals surface area contributed by atoms with E-state index in [0.717, 1.165) is 22.5 Å². The molecule has 156 valence electrons. The van der Waals surface area contributed by atoms with Gasteiger partial charge in [-0.05, 0) is 38.5 Å². The molecule has 2 aromatic rings. The summed E-state index contributed by atoms with van der Waals surface area (Å²) in [5.74, 6) is -0.0699. The molecule has 1 aromatic carbocycles. The van der Waals surface area contributed by atoms with E-state index in [-0.39, 0.29) is 23.5 Å². The molecule has 29 heavy (non-hydrogen) atoms. The number of aryl methyl sites for hydroxylation is 1. The molecule has 1 aliphatic rings. The Bertz CT molecular complexity index is 1060. The molecule has 1 saturated heterocycles. The highest BCUT2D eigenvalue weighted by Crippen LogP contribution is 2.26. The van der Waals surface area contributed by atoms with Crippen LogP contribution in [0.1, 0.15) is 28.9 Å². The van der Waals surface area contributed by atoms with Crippen LogP contribution in [0.15, 0.2) is 24.3 Å². The number of carbonyl (C=O) groups excluding carboxylic acids is 1. The Labute approximate surface area is 181 Å². The van der Waals surface area contributed by atoms with Gasteiger partial charge in [-0.15, -0.1) is 0 Å². The lowest BCUT2D eigenvalue weighted by Crippen LogP contribution is -2.36. The predicted molar refractivity (Wildman–Crippen MR) is 116 cm³/mol. The average Bonchev–Trinajstić information content (AvgIpc) is 3.14. The summed E-state index contributed by atoms with van der Waals surface area (Å²) < 4.78 is 25.1. The fourth-order valence-corrected chi connectivity index (χ4v) is 5.76. The standard InChI is InChI=1S/C20H23Cl2N3O3S/c1-13-16(7-8-20(26)24(3)15-9-10-29(27,28)12-15)14(2)25(23-13)11-17-18(21)5-4-6-19(17)22/h4-8,15H,9-12H2,1-3H3/b8-7+/t15-/m1/s1. The lowest BCUT2D eigenvalue weighted by atomic mass is 10.1. The van der Waals surface area contributed by atoms with Crippen molar-refractivity contribution in [2.75, 3.05) is 18.6 Å². The minimum absolute atomic E-state index is 0.0255. The fraction of sp³-hybridized carbons (Fsp3) is 0.400. The largest absolute Gasteiger partial charge is 0.338 e. The molecule has 1 atom stereocenters. The Kier molecular flexibility index (Phi) is 6.41. The smallest absolute Gasteiger partial charge is 0.246 e. The molecule has 0 aliphatic carbocycles. The van der Waals surface area contributed by atoms with E-state index >= 15 is 0 Å². The van der Waals surface area contributed by atoms with E-state index in [1.54, 1.807) is 36.0 Å². The third kappa shape index (κ3) is 4.85. The summed E-state index contributed by atoms with van der Waals surface area (Å²) in [6.45, 7) is 4.21. The Morgan fingerprint density at radius 3 is 2.55 bits per heavy atom. The number of aromatic nitrogens is 2. The number of carbonyl (C=O) groups is 1. The van der Waals surface area contributed by atoms with Gasteiger partial charge in [0.1, 0.15) is 0 Å². The second-order valence-electron chi connectivity index (χ2n) is 7.28. The normalized spacial score (nSPS) is 18.4. The van der Waals surface area contributed by atoms with Crippen molar-refractivity contribution in [2.24, 2.45) is 0 Å². The first-order valence-electron chi connectivity index (χ1n) is 9.21. The highest BCUT2D eigenvalue weighted by atomic mass is 35.5. The number of likely N-dealkylation sites (N-methyl/N-ethyl adjacent to an activating group) is 1. The van der Waals surface area contributed by atoms with Crippen LogP contribution in [0.3, 0.4) is 0 Å². The molecule has 1 fully saturated rings. The number of benzene rings is 1. The SMILES string of the molecule is Cc1nn(Cc2c(Cl)cccc2Cl)c(C)c1/C=C/C(=O)N(C)[C@@H]1CCS(=O)(=O)C1. The molecule has 0 saturated carbocycles. The lowest BCUT2D eigenvalue weighted by molar-refractivity contribution is -0.126. The van der Waals surface area contributed by atoms with Crippen molar-refractivity contribution >= 4 is 45.0 Å². The number of sulfone groups is 1. The first-order chi connectivity index (χ1) is 13.6.